The zero-order chi connectivity index (χ0) is 21.0. The molecule has 2 aromatic rings. The molecular formula is C15H17BrF3N5O6. The maximum Gasteiger partial charge on any atom is 0.573 e. The van der Waals surface area contributed by atoms with E-state index < -0.39 is 29.5 Å². The minimum Gasteiger partial charge on any atom is -0.739 e. The van der Waals surface area contributed by atoms with Gasteiger partial charge in [0.1, 0.15) is 11.9 Å². The number of benzene rings is 1. The van der Waals surface area contributed by atoms with Gasteiger partial charge in [-0.1, -0.05) is 0 Å². The van der Waals surface area contributed by atoms with Gasteiger partial charge in [0.15, 0.2) is 5.52 Å². The molecule has 1 fully saturated rings. The van der Waals surface area contributed by atoms with E-state index in [1.807, 2.05) is 0 Å². The summed E-state index contributed by atoms with van der Waals surface area (Å²) < 4.78 is 45.9. The summed E-state index contributed by atoms with van der Waals surface area (Å²) >= 11 is 0. The molecule has 1 saturated heterocycles. The Hall–Kier alpha value is -2.65. The molecule has 0 bridgehead atoms. The number of rotatable bonds is 7. The first-order chi connectivity index (χ1) is 13.7. The zero-order valence-electron chi connectivity index (χ0n) is 15.2. The molecule has 3 rings (SSSR count). The molecular weight excluding hydrogens is 483 g/mol. The largest absolute Gasteiger partial charge is 0.739 e. The van der Waals surface area contributed by atoms with Crippen LogP contribution < -0.4 is 25.1 Å². The summed E-state index contributed by atoms with van der Waals surface area (Å²) in [4.78, 5) is 16.5. The molecule has 0 aliphatic carbocycles. The van der Waals surface area contributed by atoms with Gasteiger partial charge in [0.2, 0.25) is 5.10 Å². The van der Waals surface area contributed by atoms with Crippen molar-refractivity contribution >= 4 is 39.9 Å². The average molecular weight is 500 g/mol. The van der Waals surface area contributed by atoms with E-state index in [4.69, 9.17) is 9.57 Å². The predicted molar refractivity (Wildman–Crippen MR) is 98.2 cm³/mol. The summed E-state index contributed by atoms with van der Waals surface area (Å²) in [6.07, 6.45) is -4.52. The van der Waals surface area contributed by atoms with Gasteiger partial charge in [-0.25, -0.2) is 9.57 Å². The summed E-state index contributed by atoms with van der Waals surface area (Å²) in [5.41, 5.74) is 1.42. The van der Waals surface area contributed by atoms with E-state index in [0.29, 0.717) is 6.54 Å². The van der Waals surface area contributed by atoms with Crippen LogP contribution >= 0.6 is 17.0 Å². The molecule has 166 valence electrons. The quantitative estimate of drug-likeness (QED) is 0.184. The number of hydrogen-bond donors (Lipinski definition) is 2. The van der Waals surface area contributed by atoms with Crippen LogP contribution in [-0.4, -0.2) is 43.2 Å². The second kappa shape index (κ2) is 9.90. The van der Waals surface area contributed by atoms with Crippen LogP contribution in [0.25, 0.3) is 11.0 Å². The lowest BCUT2D eigenvalue weighted by Gasteiger charge is -2.12. The van der Waals surface area contributed by atoms with Crippen molar-refractivity contribution in [1.82, 2.24) is 10.4 Å². The summed E-state index contributed by atoms with van der Waals surface area (Å²) in [7, 11) is 0. The van der Waals surface area contributed by atoms with Crippen molar-refractivity contribution in [3.05, 3.63) is 28.6 Å². The summed E-state index contributed by atoms with van der Waals surface area (Å²) in [5.74, 6) is -1.73. The van der Waals surface area contributed by atoms with Crippen molar-refractivity contribution in [2.75, 3.05) is 25.2 Å². The predicted octanol–water partition coefficient (Wildman–Crippen LogP) is 0.617. The first-order valence-corrected chi connectivity index (χ1v) is 8.44. The third-order valence-electron chi connectivity index (χ3n) is 3.87. The summed E-state index contributed by atoms with van der Waals surface area (Å²) in [6, 6.07) is 2.58. The molecule has 0 radical (unpaired) electrons. The Morgan fingerprint density at radius 3 is 2.77 bits per heavy atom. The van der Waals surface area contributed by atoms with E-state index in [2.05, 4.69) is 20.6 Å². The van der Waals surface area contributed by atoms with Crippen LogP contribution in [0.1, 0.15) is 12.8 Å². The highest BCUT2D eigenvalue weighted by atomic mass is 79.9. The molecule has 1 unspecified atom stereocenters. The van der Waals surface area contributed by atoms with E-state index in [1.54, 1.807) is 0 Å². The summed E-state index contributed by atoms with van der Waals surface area (Å²) in [6.45, 7) is 1.18. The fourth-order valence-corrected chi connectivity index (χ4v) is 2.61. The average Bonchev–Trinajstić information content (AvgIpc) is 3.14. The number of halogens is 4. The number of aromatic nitrogens is 3. The maximum atomic E-state index is 12.3. The zero-order valence-corrected chi connectivity index (χ0v) is 16.9. The Balaban J connectivity index is 0.00000320. The lowest BCUT2D eigenvalue weighted by atomic mass is 10.3. The third kappa shape index (κ3) is 6.17. The second-order valence-corrected chi connectivity index (χ2v) is 5.99. The highest BCUT2D eigenvalue weighted by molar-refractivity contribution is 8.93. The number of nitrogens with one attached hydrogen (secondary N) is 2. The van der Waals surface area contributed by atoms with E-state index in [-0.39, 0.29) is 51.2 Å². The Morgan fingerprint density at radius 1 is 1.33 bits per heavy atom. The van der Waals surface area contributed by atoms with Crippen molar-refractivity contribution in [2.45, 2.75) is 25.3 Å². The van der Waals surface area contributed by atoms with Crippen molar-refractivity contribution in [3.63, 3.8) is 0 Å². The smallest absolute Gasteiger partial charge is 0.573 e. The Kier molecular flexibility index (Phi) is 7.80. The molecule has 30 heavy (non-hydrogen) atoms. The highest BCUT2D eigenvalue weighted by Crippen LogP contribution is 2.24. The number of hydrogen-bond acceptors (Lipinski definition) is 9. The topological polar surface area (TPSA) is 136 Å². The molecule has 15 heteroatoms. The normalized spacial score (nSPS) is 16.2. The van der Waals surface area contributed by atoms with Gasteiger partial charge >= 0.3 is 23.8 Å². The molecule has 1 atom stereocenters. The fourth-order valence-electron chi connectivity index (χ4n) is 2.61. The number of alkyl halides is 3. The van der Waals surface area contributed by atoms with E-state index in [9.17, 15) is 28.4 Å². The number of carbonyl (C=O) groups is 1. The summed E-state index contributed by atoms with van der Waals surface area (Å²) in [5, 5.41) is 30.6. The van der Waals surface area contributed by atoms with E-state index in [0.717, 1.165) is 31.2 Å². The Morgan fingerprint density at radius 2 is 2.10 bits per heavy atom. The van der Waals surface area contributed by atoms with Crippen molar-refractivity contribution in [3.8, 4) is 5.75 Å². The number of ether oxygens (including phenoxy) is 2. The van der Waals surface area contributed by atoms with Crippen molar-refractivity contribution in [2.24, 2.45) is 0 Å². The minimum absolute atomic E-state index is 0. The van der Waals surface area contributed by atoms with Crippen LogP contribution in [-0.2, 0) is 14.4 Å². The fraction of sp³-hybridized carbons (Fsp3) is 0.467. The lowest BCUT2D eigenvalue weighted by molar-refractivity contribution is -0.672. The van der Waals surface area contributed by atoms with Crippen LogP contribution in [0.2, 0.25) is 0 Å². The van der Waals surface area contributed by atoms with Crippen LogP contribution in [0.5, 0.6) is 5.75 Å². The molecule has 1 aliphatic heterocycles. The second-order valence-electron chi connectivity index (χ2n) is 5.99. The van der Waals surface area contributed by atoms with Gasteiger partial charge in [-0.05, 0) is 25.1 Å². The van der Waals surface area contributed by atoms with Gasteiger partial charge in [0, 0.05) is 11.4 Å². The number of esters is 1. The lowest BCUT2D eigenvalue weighted by Crippen LogP contribution is -2.44. The van der Waals surface area contributed by atoms with Gasteiger partial charge in [-0.15, -0.1) is 35.6 Å². The number of carbonyl (C=O) groups excluding carboxylic acids is 1. The standard InChI is InChI=1S/C15H16F3N5O6.BrH/c16-15(17,18)29-9-1-2-11-12(7-9)23(26)20-14(22(11)25)21-27-6-4-13(24)28-10-3-5-19-8-10;/h1-2,7,10,19H,3-6,8H2,(H,20,21);1H. The van der Waals surface area contributed by atoms with Crippen molar-refractivity contribution < 1.29 is 41.9 Å². The number of anilines is 1. The SMILES string of the molecule is Br.O=C(CCONc1n[n+]([O-])c2cc(OC(F)(F)F)ccc2[n+]1[O-])OC1CCNC1. The molecule has 2 heterocycles. The van der Waals surface area contributed by atoms with Gasteiger partial charge in [0.05, 0.1) is 19.1 Å². The van der Waals surface area contributed by atoms with Gasteiger partial charge in [-0.3, -0.25) is 4.79 Å². The molecule has 1 aromatic heterocycles. The highest BCUT2D eigenvalue weighted by Gasteiger charge is 2.32. The number of fused-ring (bicyclic) bond motifs is 1. The minimum atomic E-state index is -4.95. The molecule has 0 spiro atoms. The van der Waals surface area contributed by atoms with Crippen molar-refractivity contribution in [1.29, 1.82) is 0 Å². The maximum absolute atomic E-state index is 12.3. The first-order valence-electron chi connectivity index (χ1n) is 8.44. The first kappa shape index (κ1) is 23.6. The molecule has 0 amide bonds. The van der Waals surface area contributed by atoms with Gasteiger partial charge < -0.3 is 25.2 Å². The molecule has 11 nitrogen and oxygen atoms in total. The van der Waals surface area contributed by atoms with Gasteiger partial charge in [0.25, 0.3) is 0 Å². The molecule has 1 aromatic carbocycles. The van der Waals surface area contributed by atoms with E-state index >= 15 is 0 Å². The third-order valence-corrected chi connectivity index (χ3v) is 3.87. The molecule has 2 N–H and O–H groups in total. The van der Waals surface area contributed by atoms with Crippen LogP contribution in [0.15, 0.2) is 18.2 Å². The Bertz CT molecular complexity index is 897. The van der Waals surface area contributed by atoms with Crippen LogP contribution in [0.4, 0.5) is 19.1 Å². The van der Waals surface area contributed by atoms with E-state index in [1.165, 1.54) is 0 Å². The number of nitrogens with zero attached hydrogens (tertiary/aromatic N) is 3. The van der Waals surface area contributed by atoms with Crippen LogP contribution in [0.3, 0.4) is 0 Å². The monoisotopic (exact) mass is 499 g/mol. The Labute approximate surface area is 177 Å². The van der Waals surface area contributed by atoms with Crippen LogP contribution in [0, 0.1) is 10.4 Å². The molecule has 0 saturated carbocycles. The molecule has 1 aliphatic rings. The van der Waals surface area contributed by atoms with Gasteiger partial charge in [-0.2, -0.15) is 0 Å².